The molecule has 1 aliphatic rings. The average Bonchev–Trinajstić information content (AvgIpc) is 3.00. The van der Waals surface area contributed by atoms with E-state index < -0.39 is 5.82 Å². The lowest BCUT2D eigenvalue weighted by molar-refractivity contribution is 0.0745. The minimum absolute atomic E-state index is 0.0591. The van der Waals surface area contributed by atoms with Gasteiger partial charge in [-0.05, 0) is 31.2 Å². The van der Waals surface area contributed by atoms with Crippen LogP contribution in [0.1, 0.15) is 21.7 Å². The zero-order valence-corrected chi connectivity index (χ0v) is 12.8. The number of hydrogen-bond donors (Lipinski definition) is 0. The number of rotatable bonds is 2. The second-order valence-electron chi connectivity index (χ2n) is 5.45. The summed E-state index contributed by atoms with van der Waals surface area (Å²) in [6, 6.07) is 8.05. The monoisotopic (exact) mass is 313 g/mol. The highest BCUT2D eigenvalue weighted by atomic mass is 19.1. The number of anilines is 1. The Labute approximate surface area is 133 Å². The molecule has 0 N–H and O–H groups in total. The van der Waals surface area contributed by atoms with Gasteiger partial charge in [0.15, 0.2) is 0 Å². The molecule has 3 rings (SSSR count). The summed E-state index contributed by atoms with van der Waals surface area (Å²) < 4.78 is 19.2. The van der Waals surface area contributed by atoms with Crippen molar-refractivity contribution in [1.29, 1.82) is 5.26 Å². The summed E-state index contributed by atoms with van der Waals surface area (Å²) in [6.07, 6.45) is 1.50. The Kier molecular flexibility index (Phi) is 4.02. The molecule has 0 spiro atoms. The van der Waals surface area contributed by atoms with Crippen LogP contribution in [0.5, 0.6) is 0 Å². The molecule has 2 heterocycles. The highest BCUT2D eigenvalue weighted by molar-refractivity contribution is 5.95. The Morgan fingerprint density at radius 1 is 1.26 bits per heavy atom. The van der Waals surface area contributed by atoms with Gasteiger partial charge in [-0.1, -0.05) is 0 Å². The zero-order valence-electron chi connectivity index (χ0n) is 12.8. The van der Waals surface area contributed by atoms with Crippen molar-refractivity contribution >= 4 is 11.6 Å². The maximum absolute atomic E-state index is 14.1. The summed E-state index contributed by atoms with van der Waals surface area (Å²) in [6.45, 7) is 3.89. The van der Waals surface area contributed by atoms with Crippen LogP contribution in [0.4, 0.5) is 10.1 Å². The van der Waals surface area contributed by atoms with E-state index in [0.29, 0.717) is 48.8 Å². The van der Waals surface area contributed by atoms with Gasteiger partial charge in [-0.15, -0.1) is 0 Å². The van der Waals surface area contributed by atoms with Crippen LogP contribution < -0.4 is 4.90 Å². The number of hydrogen-bond acceptors (Lipinski definition) is 4. The molecule has 0 bridgehead atoms. The predicted molar refractivity (Wildman–Crippen MR) is 82.7 cm³/mol. The molecule has 6 heteroatoms. The first-order chi connectivity index (χ1) is 11.1. The summed E-state index contributed by atoms with van der Waals surface area (Å²) in [7, 11) is 0. The number of nitriles is 1. The fourth-order valence-electron chi connectivity index (χ4n) is 2.76. The van der Waals surface area contributed by atoms with Gasteiger partial charge in [-0.2, -0.15) is 5.26 Å². The average molecular weight is 313 g/mol. The van der Waals surface area contributed by atoms with Crippen molar-refractivity contribution in [2.75, 3.05) is 31.1 Å². The molecule has 118 valence electrons. The van der Waals surface area contributed by atoms with Gasteiger partial charge in [0.1, 0.15) is 11.6 Å². The Balaban J connectivity index is 1.68. The third-order valence-corrected chi connectivity index (χ3v) is 4.07. The van der Waals surface area contributed by atoms with Crippen LogP contribution in [0.3, 0.4) is 0 Å². The lowest BCUT2D eigenvalue weighted by Gasteiger charge is -2.36. The highest BCUT2D eigenvalue weighted by Gasteiger charge is 2.25. The summed E-state index contributed by atoms with van der Waals surface area (Å²) in [5, 5.41) is 8.79. The van der Waals surface area contributed by atoms with E-state index in [-0.39, 0.29) is 5.91 Å². The van der Waals surface area contributed by atoms with Crippen LogP contribution >= 0.6 is 0 Å². The number of carbonyl (C=O) groups is 1. The fraction of sp³-hybridized carbons (Fsp3) is 0.294. The van der Waals surface area contributed by atoms with Gasteiger partial charge in [-0.3, -0.25) is 4.79 Å². The topological polar surface area (TPSA) is 60.5 Å². The number of furan rings is 1. The number of amides is 1. The van der Waals surface area contributed by atoms with Crippen molar-refractivity contribution in [3.8, 4) is 6.07 Å². The Morgan fingerprint density at radius 2 is 2.00 bits per heavy atom. The molecular formula is C17H16FN3O2. The van der Waals surface area contributed by atoms with Crippen molar-refractivity contribution in [3.63, 3.8) is 0 Å². The second kappa shape index (κ2) is 6.13. The molecule has 1 fully saturated rings. The van der Waals surface area contributed by atoms with Crippen LogP contribution in [0.2, 0.25) is 0 Å². The minimum Gasteiger partial charge on any atom is -0.469 e. The van der Waals surface area contributed by atoms with E-state index in [9.17, 15) is 9.18 Å². The number of piperazine rings is 1. The molecule has 2 aromatic rings. The Bertz CT molecular complexity index is 770. The number of aryl methyl sites for hydroxylation is 1. The summed E-state index contributed by atoms with van der Waals surface area (Å²) in [5.74, 6) is 0.140. The first kappa shape index (κ1) is 15.1. The number of carbonyl (C=O) groups excluding carboxylic acids is 1. The normalized spacial score (nSPS) is 14.7. The molecule has 1 amide bonds. The molecule has 23 heavy (non-hydrogen) atoms. The predicted octanol–water partition coefficient (Wildman–Crippen LogP) is 2.56. The third-order valence-electron chi connectivity index (χ3n) is 4.07. The van der Waals surface area contributed by atoms with Crippen LogP contribution in [0.15, 0.2) is 34.9 Å². The van der Waals surface area contributed by atoms with E-state index in [0.717, 1.165) is 0 Å². The van der Waals surface area contributed by atoms with Gasteiger partial charge in [-0.25, -0.2) is 4.39 Å². The summed E-state index contributed by atoms with van der Waals surface area (Å²) in [5.41, 5.74) is 1.34. The molecule has 0 atom stereocenters. The molecule has 0 aliphatic carbocycles. The van der Waals surface area contributed by atoms with Gasteiger partial charge < -0.3 is 14.2 Å². The van der Waals surface area contributed by atoms with Gasteiger partial charge >= 0.3 is 0 Å². The first-order valence-corrected chi connectivity index (χ1v) is 7.38. The maximum atomic E-state index is 14.1. The number of halogens is 1. The fourth-order valence-corrected chi connectivity index (χ4v) is 2.76. The van der Waals surface area contributed by atoms with E-state index in [1.165, 1.54) is 12.3 Å². The van der Waals surface area contributed by atoms with Crippen LogP contribution in [0.25, 0.3) is 0 Å². The molecule has 0 unspecified atom stereocenters. The van der Waals surface area contributed by atoms with Crippen molar-refractivity contribution in [3.05, 3.63) is 53.2 Å². The van der Waals surface area contributed by atoms with Crippen molar-refractivity contribution in [2.24, 2.45) is 0 Å². The second-order valence-corrected chi connectivity index (χ2v) is 5.45. The Morgan fingerprint density at radius 3 is 2.57 bits per heavy atom. The van der Waals surface area contributed by atoms with Gasteiger partial charge in [0.2, 0.25) is 0 Å². The summed E-state index contributed by atoms with van der Waals surface area (Å²) in [4.78, 5) is 16.0. The minimum atomic E-state index is -0.408. The van der Waals surface area contributed by atoms with Crippen LogP contribution in [0, 0.1) is 24.1 Å². The zero-order chi connectivity index (χ0) is 16.4. The van der Waals surface area contributed by atoms with E-state index in [1.54, 1.807) is 30.0 Å². The van der Waals surface area contributed by atoms with Gasteiger partial charge in [0.05, 0.1) is 29.1 Å². The van der Waals surface area contributed by atoms with Crippen LogP contribution in [-0.4, -0.2) is 37.0 Å². The Hall–Kier alpha value is -2.81. The van der Waals surface area contributed by atoms with Gasteiger partial charge in [0.25, 0.3) is 5.91 Å². The summed E-state index contributed by atoms with van der Waals surface area (Å²) >= 11 is 0. The smallest absolute Gasteiger partial charge is 0.257 e. The largest absolute Gasteiger partial charge is 0.469 e. The molecule has 0 radical (unpaired) electrons. The molecule has 1 aromatic heterocycles. The van der Waals surface area contributed by atoms with Crippen molar-refractivity contribution < 1.29 is 13.6 Å². The standard InChI is InChI=1S/C17H16FN3O2/c1-12-14(4-9-23-12)17(22)21-7-5-20(6-8-21)16-3-2-13(11-19)10-15(16)18/h2-4,9-10H,5-8H2,1H3. The van der Waals surface area contributed by atoms with E-state index in [2.05, 4.69) is 0 Å². The number of nitrogens with zero attached hydrogens (tertiary/aromatic N) is 3. The highest BCUT2D eigenvalue weighted by Crippen LogP contribution is 2.22. The van der Waals surface area contributed by atoms with E-state index in [1.807, 2.05) is 11.0 Å². The molecule has 1 aromatic carbocycles. The molecule has 1 aliphatic heterocycles. The van der Waals surface area contributed by atoms with Gasteiger partial charge in [0, 0.05) is 26.2 Å². The molecule has 1 saturated heterocycles. The maximum Gasteiger partial charge on any atom is 0.257 e. The van der Waals surface area contributed by atoms with Crippen LogP contribution in [-0.2, 0) is 0 Å². The number of benzene rings is 1. The third kappa shape index (κ3) is 2.90. The van der Waals surface area contributed by atoms with Crippen molar-refractivity contribution in [2.45, 2.75) is 6.92 Å². The van der Waals surface area contributed by atoms with E-state index >= 15 is 0 Å². The lowest BCUT2D eigenvalue weighted by atomic mass is 10.1. The molecular weight excluding hydrogens is 297 g/mol. The molecule has 0 saturated carbocycles. The SMILES string of the molecule is Cc1occc1C(=O)N1CCN(c2ccc(C#N)cc2F)CC1. The first-order valence-electron chi connectivity index (χ1n) is 7.38. The van der Waals surface area contributed by atoms with E-state index in [4.69, 9.17) is 9.68 Å². The van der Waals surface area contributed by atoms with Crippen molar-refractivity contribution in [1.82, 2.24) is 4.90 Å². The molecule has 5 nitrogen and oxygen atoms in total. The lowest BCUT2D eigenvalue weighted by Crippen LogP contribution is -2.49. The quantitative estimate of drug-likeness (QED) is 0.855.